The molecule has 156 valence electrons. The molecule has 2 aliphatic heterocycles. The van der Waals surface area contributed by atoms with Crippen LogP contribution in [0.2, 0.25) is 5.02 Å². The summed E-state index contributed by atoms with van der Waals surface area (Å²) in [6.45, 7) is 1.55. The number of nitrogens with zero attached hydrogens (tertiary/aromatic N) is 2. The van der Waals surface area contributed by atoms with E-state index in [0.29, 0.717) is 37.0 Å². The summed E-state index contributed by atoms with van der Waals surface area (Å²) in [6, 6.07) is 10.8. The van der Waals surface area contributed by atoms with Crippen molar-refractivity contribution in [2.45, 2.75) is 24.2 Å². The average Bonchev–Trinajstić information content (AvgIpc) is 3.21. The number of hydrogen-bond donors (Lipinski definition) is 0. The third-order valence-electron chi connectivity index (χ3n) is 5.88. The van der Waals surface area contributed by atoms with Crippen molar-refractivity contribution in [3.05, 3.63) is 63.7 Å². The van der Waals surface area contributed by atoms with E-state index < -0.39 is 15.7 Å². The first-order valence-corrected chi connectivity index (χ1v) is 11.9. The molecule has 5 rings (SSSR count). The highest BCUT2D eigenvalue weighted by molar-refractivity contribution is 7.96. The van der Waals surface area contributed by atoms with Crippen molar-refractivity contribution in [2.24, 2.45) is 0 Å². The molecule has 0 spiro atoms. The van der Waals surface area contributed by atoms with E-state index in [4.69, 9.17) is 16.3 Å². The van der Waals surface area contributed by atoms with Crippen LogP contribution in [0, 0.1) is 0 Å². The Morgan fingerprint density at radius 2 is 1.77 bits per heavy atom. The van der Waals surface area contributed by atoms with E-state index >= 15 is 0 Å². The summed E-state index contributed by atoms with van der Waals surface area (Å²) >= 11 is 6.21. The third-order valence-corrected chi connectivity index (χ3v) is 7.89. The van der Waals surface area contributed by atoms with Crippen molar-refractivity contribution in [3.63, 3.8) is 0 Å². The van der Waals surface area contributed by atoms with Gasteiger partial charge in [-0.15, -0.1) is 0 Å². The maximum atomic E-state index is 13.3. The molecular weight excluding hydrogens is 424 g/mol. The van der Waals surface area contributed by atoms with Crippen LogP contribution in [0.4, 0.5) is 11.4 Å². The van der Waals surface area contributed by atoms with Crippen molar-refractivity contribution in [2.75, 3.05) is 31.2 Å². The summed E-state index contributed by atoms with van der Waals surface area (Å²) in [6.07, 6.45) is 4.62. The molecule has 0 atom stereocenters. The van der Waals surface area contributed by atoms with Gasteiger partial charge in [-0.3, -0.25) is 4.79 Å². The number of anilines is 2. The molecule has 2 heterocycles. The van der Waals surface area contributed by atoms with E-state index in [0.717, 1.165) is 24.9 Å². The molecular formula is C22H21ClN2O4S. The van der Waals surface area contributed by atoms with Gasteiger partial charge in [0.25, 0.3) is 5.91 Å². The Hall–Kier alpha value is -2.35. The highest BCUT2D eigenvalue weighted by Crippen LogP contribution is 2.42. The van der Waals surface area contributed by atoms with Gasteiger partial charge in [0.05, 0.1) is 23.8 Å². The minimum Gasteiger partial charge on any atom is -0.378 e. The van der Waals surface area contributed by atoms with Crippen molar-refractivity contribution >= 4 is 38.7 Å². The number of morpholine rings is 1. The van der Waals surface area contributed by atoms with Crippen LogP contribution in [-0.2, 0) is 32.2 Å². The minimum absolute atomic E-state index is 0.0894. The zero-order valence-corrected chi connectivity index (χ0v) is 17.9. The third kappa shape index (κ3) is 3.21. The summed E-state index contributed by atoms with van der Waals surface area (Å²) in [5, 5.41) is 0.437. The van der Waals surface area contributed by atoms with Crippen LogP contribution in [0.3, 0.4) is 0 Å². The minimum atomic E-state index is -3.97. The summed E-state index contributed by atoms with van der Waals surface area (Å²) in [4.78, 5) is 16.4. The number of hydrogen-bond acceptors (Lipinski definition) is 5. The zero-order valence-electron chi connectivity index (χ0n) is 16.3. The van der Waals surface area contributed by atoms with Crippen molar-refractivity contribution in [1.29, 1.82) is 0 Å². The maximum absolute atomic E-state index is 13.3. The van der Waals surface area contributed by atoms with Gasteiger partial charge in [0.1, 0.15) is 0 Å². The van der Waals surface area contributed by atoms with E-state index in [2.05, 4.69) is 12.1 Å². The highest BCUT2D eigenvalue weighted by atomic mass is 35.5. The van der Waals surface area contributed by atoms with E-state index in [9.17, 15) is 13.2 Å². The van der Waals surface area contributed by atoms with Crippen LogP contribution in [0.15, 0.2) is 52.4 Å². The van der Waals surface area contributed by atoms with Crippen LogP contribution in [-0.4, -0.2) is 45.5 Å². The second kappa shape index (κ2) is 7.41. The van der Waals surface area contributed by atoms with E-state index in [1.54, 1.807) is 17.0 Å². The predicted molar refractivity (Wildman–Crippen MR) is 115 cm³/mol. The van der Waals surface area contributed by atoms with Crippen molar-refractivity contribution in [3.8, 4) is 0 Å². The molecule has 0 radical (unpaired) electrons. The normalized spacial score (nSPS) is 19.8. The van der Waals surface area contributed by atoms with Gasteiger partial charge >= 0.3 is 0 Å². The largest absolute Gasteiger partial charge is 0.378 e. The monoisotopic (exact) mass is 444 g/mol. The van der Waals surface area contributed by atoms with Crippen LogP contribution < -0.4 is 4.90 Å². The second-order valence-corrected chi connectivity index (χ2v) is 10.0. The SMILES string of the molecule is O=C(C1=CN(c2ccc3c(c2)CCC3)c2cc(Cl)ccc2S1(=O)=O)N1CCOCC1. The van der Waals surface area contributed by atoms with Crippen LogP contribution in [0.1, 0.15) is 17.5 Å². The highest BCUT2D eigenvalue weighted by Gasteiger charge is 2.38. The fraction of sp³-hybridized carbons (Fsp3) is 0.318. The molecule has 0 saturated carbocycles. The molecule has 1 fully saturated rings. The summed E-state index contributed by atoms with van der Waals surface area (Å²) in [7, 11) is -3.97. The van der Waals surface area contributed by atoms with Gasteiger partial charge in [-0.1, -0.05) is 17.7 Å². The molecule has 1 amide bonds. The first-order valence-electron chi connectivity index (χ1n) is 10.00. The Bertz CT molecular complexity index is 1170. The number of amides is 1. The maximum Gasteiger partial charge on any atom is 0.267 e. The molecule has 0 aromatic heterocycles. The molecule has 2 aromatic carbocycles. The fourth-order valence-electron chi connectivity index (χ4n) is 4.29. The Balaban J connectivity index is 1.65. The zero-order chi connectivity index (χ0) is 20.9. The topological polar surface area (TPSA) is 66.9 Å². The van der Waals surface area contributed by atoms with Crippen LogP contribution >= 0.6 is 11.6 Å². The summed E-state index contributed by atoms with van der Waals surface area (Å²) in [5.74, 6) is -0.495. The number of carbonyl (C=O) groups excluding carboxylic acids is 1. The first-order chi connectivity index (χ1) is 14.4. The Morgan fingerprint density at radius 1 is 1.00 bits per heavy atom. The molecule has 0 unspecified atom stereocenters. The number of fused-ring (bicyclic) bond motifs is 2. The van der Waals surface area contributed by atoms with Gasteiger partial charge in [0.15, 0.2) is 4.91 Å². The number of sulfone groups is 1. The number of carbonyl (C=O) groups is 1. The Morgan fingerprint density at radius 3 is 2.57 bits per heavy atom. The quantitative estimate of drug-likeness (QED) is 0.709. The molecule has 30 heavy (non-hydrogen) atoms. The number of aryl methyl sites for hydroxylation is 2. The second-order valence-electron chi connectivity index (χ2n) is 7.69. The molecule has 8 heteroatoms. The van der Waals surface area contributed by atoms with Gasteiger partial charge in [-0.2, -0.15) is 0 Å². The van der Waals surface area contributed by atoms with Crippen LogP contribution in [0.25, 0.3) is 0 Å². The molecule has 1 saturated heterocycles. The lowest BCUT2D eigenvalue weighted by Crippen LogP contribution is -2.43. The Kier molecular flexibility index (Phi) is 4.84. The lowest BCUT2D eigenvalue weighted by molar-refractivity contribution is -0.130. The van der Waals surface area contributed by atoms with Gasteiger partial charge in [0.2, 0.25) is 9.84 Å². The van der Waals surface area contributed by atoms with Crippen molar-refractivity contribution < 1.29 is 17.9 Å². The number of halogens is 1. The Labute approximate surface area is 180 Å². The molecule has 1 aliphatic carbocycles. The number of benzene rings is 2. The average molecular weight is 445 g/mol. The first kappa shape index (κ1) is 19.6. The van der Waals surface area contributed by atoms with E-state index in [1.807, 2.05) is 6.07 Å². The van der Waals surface area contributed by atoms with Gasteiger partial charge < -0.3 is 14.5 Å². The van der Waals surface area contributed by atoms with E-state index in [-0.39, 0.29) is 9.80 Å². The van der Waals surface area contributed by atoms with Gasteiger partial charge in [0, 0.05) is 30.0 Å². The van der Waals surface area contributed by atoms with Gasteiger partial charge in [-0.25, -0.2) is 8.42 Å². The lowest BCUT2D eigenvalue weighted by atomic mass is 10.1. The van der Waals surface area contributed by atoms with Crippen molar-refractivity contribution in [1.82, 2.24) is 4.90 Å². The number of ether oxygens (including phenoxy) is 1. The molecule has 0 N–H and O–H groups in total. The van der Waals surface area contributed by atoms with Gasteiger partial charge in [-0.05, 0) is 60.7 Å². The standard InChI is InChI=1S/C22H21ClN2O4S/c23-17-5-7-20-19(13-17)25(18-6-4-15-2-1-3-16(15)12-18)14-21(30(20,27)28)22(26)24-8-10-29-11-9-24/h4-7,12-14H,1-3,8-11H2. The number of rotatable bonds is 2. The van der Waals surface area contributed by atoms with Crippen LogP contribution in [0.5, 0.6) is 0 Å². The fourth-order valence-corrected chi connectivity index (χ4v) is 5.98. The predicted octanol–water partition coefficient (Wildman–Crippen LogP) is 3.45. The molecule has 3 aliphatic rings. The molecule has 0 bridgehead atoms. The summed E-state index contributed by atoms with van der Waals surface area (Å²) in [5.41, 5.74) is 3.86. The van der Waals surface area contributed by atoms with E-state index in [1.165, 1.54) is 28.3 Å². The molecule has 6 nitrogen and oxygen atoms in total. The summed E-state index contributed by atoms with van der Waals surface area (Å²) < 4.78 is 32.0. The smallest absolute Gasteiger partial charge is 0.267 e. The molecule has 2 aromatic rings. The lowest BCUT2D eigenvalue weighted by Gasteiger charge is -2.32.